The van der Waals surface area contributed by atoms with E-state index < -0.39 is 69.2 Å². The SMILES string of the molecule is C=C(C[Si](C)(C)C)[C@@H]1OC(CC)[C@@H](OC2OC(CC)[C@H](C)C(O[C@@H]3OC4COC(c5ccccc5)O[C@H]4C(O)C3N3C(=O)c4ccccc4C3=O)C2C)C(C)C1C. The molecule has 7 rings (SSSR count). The molecule has 16 atom stereocenters. The average Bonchev–Trinajstić information content (AvgIpc) is 3.44. The first-order chi connectivity index (χ1) is 27.1. The Labute approximate surface area is 339 Å². The highest BCUT2D eigenvalue weighted by atomic mass is 28.3. The molecule has 11 unspecified atom stereocenters. The minimum atomic E-state index is -1.39. The number of carbonyl (C=O) groups excluding carboxylic acids is 2. The van der Waals surface area contributed by atoms with E-state index >= 15 is 0 Å². The van der Waals surface area contributed by atoms with E-state index in [2.05, 4.69) is 60.8 Å². The minimum Gasteiger partial charge on any atom is -0.388 e. The fourth-order valence-electron chi connectivity index (χ4n) is 9.76. The van der Waals surface area contributed by atoms with Gasteiger partial charge in [-0.2, -0.15) is 0 Å². The Morgan fingerprint density at radius 3 is 2.00 bits per heavy atom. The van der Waals surface area contributed by atoms with Crippen molar-refractivity contribution in [2.24, 2.45) is 23.7 Å². The molecule has 2 aromatic carbocycles. The van der Waals surface area contributed by atoms with Gasteiger partial charge in [0, 0.05) is 25.5 Å². The zero-order chi connectivity index (χ0) is 40.9. The maximum Gasteiger partial charge on any atom is 0.262 e. The van der Waals surface area contributed by atoms with Crippen molar-refractivity contribution in [3.63, 3.8) is 0 Å². The second-order valence-corrected chi connectivity index (χ2v) is 23.7. The maximum atomic E-state index is 14.0. The Balaban J connectivity index is 1.15. The highest BCUT2D eigenvalue weighted by Crippen LogP contribution is 2.44. The predicted octanol–water partition coefficient (Wildman–Crippen LogP) is 7.37. The van der Waals surface area contributed by atoms with Crippen molar-refractivity contribution < 1.29 is 47.9 Å². The van der Waals surface area contributed by atoms with E-state index in [-0.39, 0.29) is 65.8 Å². The van der Waals surface area contributed by atoms with Crippen LogP contribution >= 0.6 is 0 Å². The smallest absolute Gasteiger partial charge is 0.262 e. The summed E-state index contributed by atoms with van der Waals surface area (Å²) in [5, 5.41) is 12.3. The van der Waals surface area contributed by atoms with E-state index in [0.29, 0.717) is 6.42 Å². The van der Waals surface area contributed by atoms with E-state index in [9.17, 15) is 14.7 Å². The van der Waals surface area contributed by atoms with Crippen LogP contribution in [0.25, 0.3) is 0 Å². The lowest BCUT2D eigenvalue weighted by Gasteiger charge is -2.53. The second kappa shape index (κ2) is 17.1. The number of imide groups is 1. The molecule has 2 amide bonds. The van der Waals surface area contributed by atoms with Crippen molar-refractivity contribution in [3.8, 4) is 0 Å². The molecular weight excluding hydrogens is 743 g/mol. The van der Waals surface area contributed by atoms with Gasteiger partial charge >= 0.3 is 0 Å². The summed E-state index contributed by atoms with van der Waals surface area (Å²) >= 11 is 0. The van der Waals surface area contributed by atoms with Crippen molar-refractivity contribution in [3.05, 3.63) is 83.4 Å². The number of aliphatic hydroxyl groups excluding tert-OH is 1. The van der Waals surface area contributed by atoms with Crippen LogP contribution in [0.4, 0.5) is 0 Å². The number of nitrogens with zero attached hydrogens (tertiary/aromatic N) is 1. The molecule has 0 aromatic heterocycles. The van der Waals surface area contributed by atoms with E-state index in [1.807, 2.05) is 37.3 Å². The van der Waals surface area contributed by atoms with Gasteiger partial charge in [0.15, 0.2) is 18.9 Å². The van der Waals surface area contributed by atoms with Gasteiger partial charge < -0.3 is 38.3 Å². The van der Waals surface area contributed by atoms with Crippen molar-refractivity contribution in [2.45, 2.75) is 154 Å². The van der Waals surface area contributed by atoms with Gasteiger partial charge in [0.05, 0.1) is 48.3 Å². The van der Waals surface area contributed by atoms with Crippen LogP contribution in [-0.4, -0.2) is 104 Å². The van der Waals surface area contributed by atoms with Gasteiger partial charge in [-0.1, -0.05) is 116 Å². The number of amides is 2. The first kappa shape index (κ1) is 42.3. The Kier molecular flexibility index (Phi) is 12.7. The Morgan fingerprint density at radius 2 is 1.39 bits per heavy atom. The summed E-state index contributed by atoms with van der Waals surface area (Å²) in [7, 11) is -1.39. The first-order valence-electron chi connectivity index (χ1n) is 21.0. The highest BCUT2D eigenvalue weighted by Gasteiger charge is 2.58. The number of benzene rings is 2. The van der Waals surface area contributed by atoms with Crippen LogP contribution in [0.3, 0.4) is 0 Å². The number of ether oxygens (including phenoxy) is 7. The third-order valence-electron chi connectivity index (χ3n) is 12.9. The molecule has 12 heteroatoms. The Hall–Kier alpha value is -2.78. The van der Waals surface area contributed by atoms with Crippen LogP contribution in [0.2, 0.25) is 25.7 Å². The van der Waals surface area contributed by atoms with Crippen LogP contribution in [0.15, 0.2) is 66.7 Å². The summed E-state index contributed by atoms with van der Waals surface area (Å²) in [5.74, 6) is -1.09. The fourth-order valence-corrected chi connectivity index (χ4v) is 11.3. The monoisotopic (exact) mass is 805 g/mol. The van der Waals surface area contributed by atoms with E-state index in [0.717, 1.165) is 22.9 Å². The maximum absolute atomic E-state index is 14.0. The average molecular weight is 806 g/mol. The van der Waals surface area contributed by atoms with Gasteiger partial charge in [-0.3, -0.25) is 14.5 Å². The highest BCUT2D eigenvalue weighted by molar-refractivity contribution is 6.76. The fraction of sp³-hybridized carbons (Fsp3) is 0.644. The van der Waals surface area contributed by atoms with E-state index in [1.54, 1.807) is 24.3 Å². The van der Waals surface area contributed by atoms with E-state index in [4.69, 9.17) is 33.2 Å². The molecular formula is C45H63NO10Si. The van der Waals surface area contributed by atoms with Crippen LogP contribution in [0.5, 0.6) is 0 Å². The number of aliphatic hydroxyl groups is 1. The van der Waals surface area contributed by atoms with Crippen LogP contribution in [-0.2, 0) is 33.2 Å². The quantitative estimate of drug-likeness (QED) is 0.140. The minimum absolute atomic E-state index is 0.0331. The number of fused-ring (bicyclic) bond motifs is 2. The lowest BCUT2D eigenvalue weighted by Crippen LogP contribution is -2.68. The second-order valence-electron chi connectivity index (χ2n) is 18.2. The number of hydrogen-bond acceptors (Lipinski definition) is 10. The van der Waals surface area contributed by atoms with Gasteiger partial charge in [-0.15, -0.1) is 0 Å². The molecule has 57 heavy (non-hydrogen) atoms. The zero-order valence-corrected chi connectivity index (χ0v) is 36.0. The molecule has 0 spiro atoms. The normalized spacial score (nSPS) is 39.8. The summed E-state index contributed by atoms with van der Waals surface area (Å²) in [6.45, 7) is 24.5. The molecule has 5 aliphatic heterocycles. The number of rotatable bonds is 11. The topological polar surface area (TPSA) is 122 Å². The standard InChI is InChI=1S/C45H63NO10Si/c1-11-32-27(6)38(28(7)43(52-32)55-39-26(5)25(4)37(51-33(39)12-2)24(3)23-57(8,9)10)54-45-35(46-41(48)30-20-16-17-21-31(30)42(46)49)36(47)40-34(53-45)22-50-44(56-40)29-18-14-13-15-19-29/h13-21,25-28,32-40,43-45,47H,3,11-12,22-23H2,1-2,4-10H3/t25?,26?,27-,28?,32?,33?,34?,35?,36?,37-,38?,39-,40+,43?,44?,45-/m0/s1. The molecule has 4 saturated heterocycles. The predicted molar refractivity (Wildman–Crippen MR) is 217 cm³/mol. The third-order valence-corrected chi connectivity index (χ3v) is 14.5. The van der Waals surface area contributed by atoms with Crippen molar-refractivity contribution in [2.75, 3.05) is 6.61 Å². The molecule has 4 fully saturated rings. The molecule has 5 aliphatic rings. The van der Waals surface area contributed by atoms with Crippen molar-refractivity contribution >= 4 is 19.9 Å². The van der Waals surface area contributed by atoms with E-state index in [1.165, 1.54) is 5.57 Å². The lowest BCUT2D eigenvalue weighted by molar-refractivity contribution is -0.371. The summed E-state index contributed by atoms with van der Waals surface area (Å²) in [6, 6.07) is 15.9. The Morgan fingerprint density at radius 1 is 0.772 bits per heavy atom. The molecule has 1 N–H and O–H groups in total. The molecule has 312 valence electrons. The van der Waals surface area contributed by atoms with Crippen molar-refractivity contribution in [1.82, 2.24) is 4.90 Å². The third kappa shape index (κ3) is 8.23. The van der Waals surface area contributed by atoms with Gasteiger partial charge in [-0.05, 0) is 42.9 Å². The molecule has 5 heterocycles. The molecule has 0 bridgehead atoms. The number of hydrogen-bond donors (Lipinski definition) is 1. The van der Waals surface area contributed by atoms with Crippen LogP contribution in [0, 0.1) is 23.7 Å². The molecule has 0 saturated carbocycles. The van der Waals surface area contributed by atoms with Gasteiger partial charge in [-0.25, -0.2) is 0 Å². The Bertz CT molecular complexity index is 1720. The summed E-state index contributed by atoms with van der Waals surface area (Å²) in [6.07, 6.45) is -5.22. The molecule has 0 aliphatic carbocycles. The van der Waals surface area contributed by atoms with Crippen LogP contribution < -0.4 is 0 Å². The molecule has 2 aromatic rings. The zero-order valence-electron chi connectivity index (χ0n) is 35.0. The van der Waals surface area contributed by atoms with Gasteiger partial charge in [0.2, 0.25) is 0 Å². The lowest BCUT2D eigenvalue weighted by atomic mass is 9.78. The number of carbonyl (C=O) groups is 2. The van der Waals surface area contributed by atoms with Crippen LogP contribution in [0.1, 0.15) is 87.0 Å². The molecule has 0 radical (unpaired) electrons. The summed E-state index contributed by atoms with van der Waals surface area (Å²) < 4.78 is 46.8. The summed E-state index contributed by atoms with van der Waals surface area (Å²) in [5.41, 5.74) is 2.50. The largest absolute Gasteiger partial charge is 0.388 e. The van der Waals surface area contributed by atoms with Gasteiger partial charge in [0.1, 0.15) is 24.4 Å². The summed E-state index contributed by atoms with van der Waals surface area (Å²) in [4.78, 5) is 29.2. The van der Waals surface area contributed by atoms with Gasteiger partial charge in [0.25, 0.3) is 11.8 Å². The van der Waals surface area contributed by atoms with Crippen molar-refractivity contribution in [1.29, 1.82) is 0 Å². The molecule has 11 nitrogen and oxygen atoms in total. The first-order valence-corrected chi connectivity index (χ1v) is 24.8.